The number of unbranched alkanes of at least 4 members (excludes halogenated alkanes) is 2. The number of carbonyl (C=O) groups excluding carboxylic acids is 1. The van der Waals surface area contributed by atoms with Crippen molar-refractivity contribution >= 4 is 5.97 Å². The van der Waals surface area contributed by atoms with Gasteiger partial charge in [0.15, 0.2) is 0 Å². The number of esters is 1. The van der Waals surface area contributed by atoms with Gasteiger partial charge >= 0.3 is 5.97 Å². The molecule has 0 N–H and O–H groups in total. The van der Waals surface area contributed by atoms with Crippen molar-refractivity contribution in [1.82, 2.24) is 0 Å². The normalized spacial score (nSPS) is 10.2. The van der Waals surface area contributed by atoms with Crippen molar-refractivity contribution in [3.8, 4) is 0 Å². The first kappa shape index (κ1) is 26.5. The Morgan fingerprint density at radius 2 is 1.12 bits per heavy atom. The number of carbonyl (C=O) groups is 1. The molecule has 0 heterocycles. The Hall–Kier alpha value is -0.690. The van der Waals surface area contributed by atoms with Crippen LogP contribution in [0.4, 0.5) is 0 Å². The molecule has 25 heavy (non-hydrogen) atoms. The van der Waals surface area contributed by atoms with Crippen molar-refractivity contribution < 1.29 is 28.5 Å². The Morgan fingerprint density at radius 1 is 0.640 bits per heavy atom. The van der Waals surface area contributed by atoms with Gasteiger partial charge in [-0.15, -0.1) is 0 Å². The highest BCUT2D eigenvalue weighted by atomic mass is 16.5. The number of hydrogen-bond donors (Lipinski definition) is 0. The van der Waals surface area contributed by atoms with Gasteiger partial charge in [0.05, 0.1) is 6.61 Å². The summed E-state index contributed by atoms with van der Waals surface area (Å²) in [6, 6.07) is 0. The second-order valence-corrected chi connectivity index (χ2v) is 5.55. The number of hydrogen-bond acceptors (Lipinski definition) is 6. The summed E-state index contributed by atoms with van der Waals surface area (Å²) in [5.74, 6) is -0.114. The molecule has 6 nitrogen and oxygen atoms in total. The molecule has 0 rings (SSSR count). The van der Waals surface area contributed by atoms with Gasteiger partial charge in [0, 0.05) is 60.3 Å². The monoisotopic (exact) mass is 364 g/mol. The second kappa shape index (κ2) is 25.5. The van der Waals surface area contributed by atoms with Gasteiger partial charge in [-0.3, -0.25) is 4.79 Å². The molecule has 0 aromatic heterocycles. The third kappa shape index (κ3) is 28.4. The van der Waals surface area contributed by atoms with Gasteiger partial charge < -0.3 is 23.7 Å². The van der Waals surface area contributed by atoms with Gasteiger partial charge in [0.2, 0.25) is 0 Å². The smallest absolute Gasteiger partial charge is 0.305 e. The number of rotatable bonds is 17. The van der Waals surface area contributed by atoms with E-state index in [-0.39, 0.29) is 5.97 Å². The molecule has 0 saturated carbocycles. The van der Waals surface area contributed by atoms with E-state index in [1.807, 2.05) is 0 Å². The standard InChI is InChI=1S/C11H22O3.C8H18O3/c1-3-5-8-13-9-6-7-10-14-11(12)4-2;1-9-5-3-7-11-8-4-6-10-2/h3-10H2,1-2H3;3-8H2,1-2H3. The second-order valence-electron chi connectivity index (χ2n) is 5.55. The minimum Gasteiger partial charge on any atom is -0.466 e. The molecule has 0 aromatic rings. The van der Waals surface area contributed by atoms with E-state index in [0.29, 0.717) is 13.0 Å². The fourth-order valence-electron chi connectivity index (χ4n) is 1.66. The molecule has 0 aliphatic heterocycles. The predicted molar refractivity (Wildman–Crippen MR) is 100 cm³/mol. The Balaban J connectivity index is 0. The van der Waals surface area contributed by atoms with Crippen LogP contribution in [-0.4, -0.2) is 66.4 Å². The molecule has 0 spiro atoms. The van der Waals surface area contributed by atoms with Crippen LogP contribution in [0.1, 0.15) is 58.8 Å². The van der Waals surface area contributed by atoms with Crippen LogP contribution < -0.4 is 0 Å². The first-order valence-electron chi connectivity index (χ1n) is 9.51. The Bertz CT molecular complexity index is 240. The van der Waals surface area contributed by atoms with Crippen LogP contribution in [0.3, 0.4) is 0 Å². The lowest BCUT2D eigenvalue weighted by Gasteiger charge is -2.04. The summed E-state index contributed by atoms with van der Waals surface area (Å²) < 4.78 is 25.3. The lowest BCUT2D eigenvalue weighted by atomic mass is 10.3. The van der Waals surface area contributed by atoms with Crippen LogP contribution in [0.2, 0.25) is 0 Å². The molecule has 6 heteroatoms. The molecule has 0 unspecified atom stereocenters. The minimum absolute atomic E-state index is 0.114. The topological polar surface area (TPSA) is 63.2 Å². The highest BCUT2D eigenvalue weighted by molar-refractivity contribution is 5.68. The van der Waals surface area contributed by atoms with Crippen molar-refractivity contribution in [3.05, 3.63) is 0 Å². The van der Waals surface area contributed by atoms with E-state index < -0.39 is 0 Å². The average Bonchev–Trinajstić information content (AvgIpc) is 2.63. The van der Waals surface area contributed by atoms with E-state index in [2.05, 4.69) is 6.92 Å². The Kier molecular flexibility index (Phi) is 27.1. The summed E-state index contributed by atoms with van der Waals surface area (Å²) in [6.07, 6.45) is 6.59. The molecule has 0 atom stereocenters. The van der Waals surface area contributed by atoms with E-state index in [4.69, 9.17) is 23.7 Å². The molecule has 0 fully saturated rings. The molecular formula is C19H40O6. The van der Waals surface area contributed by atoms with E-state index >= 15 is 0 Å². The highest BCUT2D eigenvalue weighted by Gasteiger charge is 1.97. The van der Waals surface area contributed by atoms with Crippen LogP contribution >= 0.6 is 0 Å². The molecule has 0 amide bonds. The molecule has 152 valence electrons. The van der Waals surface area contributed by atoms with E-state index in [0.717, 1.165) is 71.7 Å². The van der Waals surface area contributed by atoms with Crippen molar-refractivity contribution in [3.63, 3.8) is 0 Å². The highest BCUT2D eigenvalue weighted by Crippen LogP contribution is 1.95. The van der Waals surface area contributed by atoms with Gasteiger partial charge in [0.1, 0.15) is 0 Å². The quantitative estimate of drug-likeness (QED) is 0.290. The third-order valence-corrected chi connectivity index (χ3v) is 3.15. The first-order valence-corrected chi connectivity index (χ1v) is 9.51. The maximum atomic E-state index is 10.7. The van der Waals surface area contributed by atoms with E-state index in [1.54, 1.807) is 21.1 Å². The predicted octanol–water partition coefficient (Wildman–Crippen LogP) is 3.61. The Labute approximate surface area is 154 Å². The van der Waals surface area contributed by atoms with Crippen LogP contribution in [0, 0.1) is 0 Å². The third-order valence-electron chi connectivity index (χ3n) is 3.15. The average molecular weight is 365 g/mol. The number of ether oxygens (including phenoxy) is 5. The fraction of sp³-hybridized carbons (Fsp3) is 0.947. The minimum atomic E-state index is -0.114. The molecule has 0 saturated heterocycles. The first-order chi connectivity index (χ1) is 12.2. The van der Waals surface area contributed by atoms with Gasteiger partial charge in [-0.2, -0.15) is 0 Å². The van der Waals surface area contributed by atoms with E-state index in [1.165, 1.54) is 6.42 Å². The zero-order chi connectivity index (χ0) is 19.0. The van der Waals surface area contributed by atoms with Crippen molar-refractivity contribution in [1.29, 1.82) is 0 Å². The van der Waals surface area contributed by atoms with Crippen LogP contribution in [0.25, 0.3) is 0 Å². The SMILES string of the molecule is CCCCOCCCCOC(=O)CC.COCCCOCCCOC. The van der Waals surface area contributed by atoms with Crippen LogP contribution in [-0.2, 0) is 28.5 Å². The molecule has 0 aromatic carbocycles. The van der Waals surface area contributed by atoms with Crippen molar-refractivity contribution in [2.24, 2.45) is 0 Å². The summed E-state index contributed by atoms with van der Waals surface area (Å²) in [4.78, 5) is 10.7. The Morgan fingerprint density at radius 3 is 1.60 bits per heavy atom. The fourth-order valence-corrected chi connectivity index (χ4v) is 1.66. The molecule has 0 aliphatic rings. The summed E-state index contributed by atoms with van der Waals surface area (Å²) in [5, 5.41) is 0. The maximum absolute atomic E-state index is 10.7. The van der Waals surface area contributed by atoms with Crippen molar-refractivity contribution in [2.75, 3.05) is 60.5 Å². The maximum Gasteiger partial charge on any atom is 0.305 e. The lowest BCUT2D eigenvalue weighted by molar-refractivity contribution is -0.143. The van der Waals surface area contributed by atoms with Gasteiger partial charge in [-0.25, -0.2) is 0 Å². The summed E-state index contributed by atoms with van der Waals surface area (Å²) in [6.45, 7) is 9.26. The molecule has 0 radical (unpaired) electrons. The number of methoxy groups -OCH3 is 2. The molecular weight excluding hydrogens is 324 g/mol. The summed E-state index contributed by atoms with van der Waals surface area (Å²) in [5.41, 5.74) is 0. The van der Waals surface area contributed by atoms with Gasteiger partial charge in [-0.05, 0) is 32.1 Å². The molecule has 0 aliphatic carbocycles. The van der Waals surface area contributed by atoms with Crippen LogP contribution in [0.15, 0.2) is 0 Å². The largest absolute Gasteiger partial charge is 0.466 e. The molecule has 0 bridgehead atoms. The van der Waals surface area contributed by atoms with Gasteiger partial charge in [0.25, 0.3) is 0 Å². The van der Waals surface area contributed by atoms with Crippen LogP contribution in [0.5, 0.6) is 0 Å². The lowest BCUT2D eigenvalue weighted by Crippen LogP contribution is -2.05. The summed E-state index contributed by atoms with van der Waals surface area (Å²) >= 11 is 0. The van der Waals surface area contributed by atoms with Gasteiger partial charge in [-0.1, -0.05) is 20.3 Å². The van der Waals surface area contributed by atoms with Crippen molar-refractivity contribution in [2.45, 2.75) is 58.8 Å². The zero-order valence-corrected chi connectivity index (χ0v) is 16.8. The zero-order valence-electron chi connectivity index (χ0n) is 16.8. The summed E-state index contributed by atoms with van der Waals surface area (Å²) in [7, 11) is 3.40. The van der Waals surface area contributed by atoms with E-state index in [9.17, 15) is 4.79 Å².